The first-order valence-electron chi connectivity index (χ1n) is 2.66. The molecule has 0 aliphatic heterocycles. The Kier molecular flexibility index (Phi) is 2.51. The van der Waals surface area contributed by atoms with Crippen molar-refractivity contribution in [3.63, 3.8) is 0 Å². The van der Waals surface area contributed by atoms with E-state index >= 15 is 0 Å². The van der Waals surface area contributed by atoms with Gasteiger partial charge in [0.15, 0.2) is 5.69 Å². The minimum Gasteiger partial charge on any atom is -0.215 e. The van der Waals surface area contributed by atoms with Crippen molar-refractivity contribution < 1.29 is 10.7 Å². The first-order valence-corrected chi connectivity index (χ1v) is 3.42. The lowest BCUT2D eigenvalue weighted by Gasteiger charge is -1.95. The van der Waals surface area contributed by atoms with Crippen LogP contribution < -0.4 is 5.48 Å². The van der Waals surface area contributed by atoms with Crippen molar-refractivity contribution in [3.8, 4) is 0 Å². The smallest absolute Gasteiger partial charge is 0.182 e. The molecule has 54 valence electrons. The highest BCUT2D eigenvalue weighted by Gasteiger charge is 2.02. The van der Waals surface area contributed by atoms with Gasteiger partial charge in [0.2, 0.25) is 0 Å². The van der Waals surface area contributed by atoms with Crippen molar-refractivity contribution in [3.05, 3.63) is 28.2 Å². The van der Waals surface area contributed by atoms with Crippen LogP contribution in [0.25, 0.3) is 0 Å². The molecule has 0 saturated heterocycles. The van der Waals surface area contributed by atoms with Gasteiger partial charge in [-0.05, 0) is 12.1 Å². The maximum absolute atomic E-state index is 8.57. The average Bonchev–Trinajstić information content (AvgIpc) is 1.94. The average molecular weight is 179 g/mol. The molecular formula is C6H6Cl2NO+. The summed E-state index contributed by atoms with van der Waals surface area (Å²) < 4.78 is 0. The van der Waals surface area contributed by atoms with Crippen LogP contribution in [0.3, 0.4) is 0 Å². The van der Waals surface area contributed by atoms with E-state index in [-0.39, 0.29) is 0 Å². The van der Waals surface area contributed by atoms with E-state index in [9.17, 15) is 0 Å². The van der Waals surface area contributed by atoms with E-state index < -0.39 is 0 Å². The second-order valence-electron chi connectivity index (χ2n) is 1.79. The van der Waals surface area contributed by atoms with Gasteiger partial charge in [0, 0.05) is 11.1 Å². The molecule has 0 heterocycles. The summed E-state index contributed by atoms with van der Waals surface area (Å²) in [5.74, 6) is 0. The van der Waals surface area contributed by atoms with Gasteiger partial charge >= 0.3 is 0 Å². The van der Waals surface area contributed by atoms with Crippen LogP contribution in [0, 0.1) is 0 Å². The van der Waals surface area contributed by atoms with E-state index in [0.29, 0.717) is 15.7 Å². The van der Waals surface area contributed by atoms with Gasteiger partial charge in [0.25, 0.3) is 0 Å². The number of quaternary nitrogens is 1. The lowest BCUT2D eigenvalue weighted by Crippen LogP contribution is -2.73. The Balaban J connectivity index is 3.09. The second kappa shape index (κ2) is 3.21. The van der Waals surface area contributed by atoms with Crippen LogP contribution in [-0.4, -0.2) is 5.21 Å². The molecule has 0 saturated carbocycles. The molecule has 2 nitrogen and oxygen atoms in total. The second-order valence-corrected chi connectivity index (χ2v) is 2.64. The standard InChI is InChI=1S/C6H5Cl2NO/c7-4-1-2-5(8)6(3-4)9-10/h1-3,9-10H/p+1. The number of hydrogen-bond donors (Lipinski definition) is 2. The Morgan fingerprint density at radius 3 is 2.50 bits per heavy atom. The van der Waals surface area contributed by atoms with Gasteiger partial charge in [-0.15, -0.1) is 0 Å². The number of halogens is 2. The number of rotatable bonds is 1. The summed E-state index contributed by atoms with van der Waals surface area (Å²) >= 11 is 11.3. The molecule has 0 amide bonds. The predicted molar refractivity (Wildman–Crippen MR) is 39.8 cm³/mol. The summed E-state index contributed by atoms with van der Waals surface area (Å²) in [4.78, 5) is 0. The lowest BCUT2D eigenvalue weighted by atomic mass is 10.3. The highest BCUT2D eigenvalue weighted by molar-refractivity contribution is 6.34. The molecule has 1 aromatic carbocycles. The highest BCUT2D eigenvalue weighted by atomic mass is 35.5. The monoisotopic (exact) mass is 178 g/mol. The highest BCUT2D eigenvalue weighted by Crippen LogP contribution is 2.20. The van der Waals surface area contributed by atoms with Crippen molar-refractivity contribution in [2.45, 2.75) is 0 Å². The zero-order valence-electron chi connectivity index (χ0n) is 5.01. The molecule has 0 aliphatic carbocycles. The summed E-state index contributed by atoms with van der Waals surface area (Å²) in [6, 6.07) is 4.88. The van der Waals surface area contributed by atoms with Gasteiger partial charge < -0.3 is 0 Å². The summed E-state index contributed by atoms with van der Waals surface area (Å²) in [7, 11) is 0. The predicted octanol–water partition coefficient (Wildman–Crippen LogP) is 1.58. The molecule has 0 aromatic heterocycles. The Morgan fingerprint density at radius 1 is 1.30 bits per heavy atom. The molecule has 0 fully saturated rings. The normalized spacial score (nSPS) is 9.90. The molecule has 0 unspecified atom stereocenters. The van der Waals surface area contributed by atoms with Gasteiger partial charge in [-0.25, -0.2) is 5.21 Å². The van der Waals surface area contributed by atoms with Crippen molar-refractivity contribution in [1.82, 2.24) is 0 Å². The third kappa shape index (κ3) is 1.61. The molecule has 3 N–H and O–H groups in total. The fourth-order valence-corrected chi connectivity index (χ4v) is 0.960. The van der Waals surface area contributed by atoms with Gasteiger partial charge in [0.05, 0.1) is 0 Å². The minimum atomic E-state index is 0.493. The van der Waals surface area contributed by atoms with Crippen LogP contribution in [0.15, 0.2) is 18.2 Å². The van der Waals surface area contributed by atoms with Crippen LogP contribution in [-0.2, 0) is 0 Å². The molecule has 0 aliphatic rings. The fourth-order valence-electron chi connectivity index (χ4n) is 0.614. The molecule has 4 heteroatoms. The SMILES string of the molecule is O[NH2+]c1cc(Cl)ccc1Cl. The molecule has 0 atom stereocenters. The van der Waals surface area contributed by atoms with Crippen LogP contribution >= 0.6 is 23.2 Å². The Labute approximate surface area is 68.3 Å². The third-order valence-electron chi connectivity index (χ3n) is 1.10. The van der Waals surface area contributed by atoms with Crippen LogP contribution in [0.1, 0.15) is 0 Å². The Hall–Kier alpha value is -0.280. The Morgan fingerprint density at radius 2 is 2.00 bits per heavy atom. The molecule has 0 radical (unpaired) electrons. The van der Waals surface area contributed by atoms with Gasteiger partial charge in [0.1, 0.15) is 5.02 Å². The molecular weight excluding hydrogens is 173 g/mol. The molecule has 10 heavy (non-hydrogen) atoms. The van der Waals surface area contributed by atoms with E-state index in [4.69, 9.17) is 28.4 Å². The first-order chi connectivity index (χ1) is 4.74. The third-order valence-corrected chi connectivity index (χ3v) is 1.68. The summed E-state index contributed by atoms with van der Waals surface area (Å²) in [6.45, 7) is 0. The molecule has 1 rings (SSSR count). The van der Waals surface area contributed by atoms with Gasteiger partial charge in [-0.1, -0.05) is 23.2 Å². The summed E-state index contributed by atoms with van der Waals surface area (Å²) in [5, 5.41) is 9.63. The first kappa shape index (κ1) is 7.82. The van der Waals surface area contributed by atoms with Gasteiger partial charge in [-0.3, -0.25) is 0 Å². The largest absolute Gasteiger partial charge is 0.215 e. The van der Waals surface area contributed by atoms with Crippen molar-refractivity contribution in [1.29, 1.82) is 0 Å². The number of hydrogen-bond acceptors (Lipinski definition) is 1. The minimum absolute atomic E-state index is 0.493. The zero-order valence-corrected chi connectivity index (χ0v) is 6.52. The van der Waals surface area contributed by atoms with E-state index in [1.807, 2.05) is 0 Å². The summed E-state index contributed by atoms with van der Waals surface area (Å²) in [5.41, 5.74) is 1.46. The summed E-state index contributed by atoms with van der Waals surface area (Å²) in [6.07, 6.45) is 0. The van der Waals surface area contributed by atoms with Gasteiger partial charge in [-0.2, -0.15) is 5.48 Å². The Bertz CT molecular complexity index is 239. The van der Waals surface area contributed by atoms with E-state index in [1.165, 1.54) is 0 Å². The maximum Gasteiger partial charge on any atom is 0.182 e. The van der Waals surface area contributed by atoms with E-state index in [0.717, 1.165) is 5.48 Å². The topological polar surface area (TPSA) is 36.8 Å². The zero-order chi connectivity index (χ0) is 7.56. The van der Waals surface area contributed by atoms with E-state index in [1.54, 1.807) is 18.2 Å². The number of benzene rings is 1. The van der Waals surface area contributed by atoms with Crippen LogP contribution in [0.5, 0.6) is 0 Å². The van der Waals surface area contributed by atoms with Crippen molar-refractivity contribution >= 4 is 28.9 Å². The molecule has 1 aromatic rings. The number of nitrogens with two attached hydrogens (primary N) is 1. The molecule has 0 bridgehead atoms. The lowest BCUT2D eigenvalue weighted by molar-refractivity contribution is -0.825. The quantitative estimate of drug-likeness (QED) is 0.498. The fraction of sp³-hybridized carbons (Fsp3) is 0. The van der Waals surface area contributed by atoms with Crippen LogP contribution in [0.4, 0.5) is 5.69 Å². The maximum atomic E-state index is 8.57. The van der Waals surface area contributed by atoms with E-state index in [2.05, 4.69) is 0 Å². The van der Waals surface area contributed by atoms with Crippen molar-refractivity contribution in [2.75, 3.05) is 0 Å². The molecule has 0 spiro atoms. The van der Waals surface area contributed by atoms with Crippen molar-refractivity contribution in [2.24, 2.45) is 0 Å². The van der Waals surface area contributed by atoms with Crippen LogP contribution in [0.2, 0.25) is 10.0 Å².